The monoisotopic (exact) mass is 300 g/mol. The van der Waals surface area contributed by atoms with Crippen molar-refractivity contribution in [1.82, 2.24) is 10.0 Å². The van der Waals surface area contributed by atoms with Crippen molar-refractivity contribution in [1.29, 1.82) is 0 Å². The molecule has 0 bridgehead atoms. The van der Waals surface area contributed by atoms with Crippen LogP contribution in [0.5, 0.6) is 0 Å². The van der Waals surface area contributed by atoms with Gasteiger partial charge in [0, 0.05) is 19.0 Å². The molecule has 1 saturated carbocycles. The molecule has 0 unspecified atom stereocenters. The molecule has 0 aromatic heterocycles. The average Bonchev–Trinajstić information content (AvgIpc) is 3.22. The lowest BCUT2D eigenvalue weighted by molar-refractivity contribution is -0.122. The molecule has 5 nitrogen and oxygen atoms in total. The first-order valence-electron chi connectivity index (χ1n) is 6.44. The maximum absolute atomic E-state index is 13.4. The predicted octanol–water partition coefficient (Wildman–Crippen LogP) is 0.939. The van der Waals surface area contributed by atoms with E-state index in [1.54, 1.807) is 6.92 Å². The Morgan fingerprint density at radius 2 is 2.05 bits per heavy atom. The largest absolute Gasteiger partial charge is 0.355 e. The fraction of sp³-hybridized carbons (Fsp3) is 0.462. The van der Waals surface area contributed by atoms with Crippen LogP contribution in [0.4, 0.5) is 4.39 Å². The molecule has 0 radical (unpaired) electrons. The third kappa shape index (κ3) is 3.77. The summed E-state index contributed by atoms with van der Waals surface area (Å²) in [6.45, 7) is 1.87. The molecule has 1 aromatic rings. The molecule has 2 N–H and O–H groups in total. The first kappa shape index (κ1) is 14.9. The lowest BCUT2D eigenvalue weighted by Crippen LogP contribution is -2.35. The number of carbonyl (C=O) groups excluding carboxylic acids is 1. The van der Waals surface area contributed by atoms with E-state index in [0.717, 1.165) is 18.9 Å². The van der Waals surface area contributed by atoms with Gasteiger partial charge in [0.2, 0.25) is 15.9 Å². The second-order valence-corrected chi connectivity index (χ2v) is 6.64. The highest BCUT2D eigenvalue weighted by molar-refractivity contribution is 7.89. The van der Waals surface area contributed by atoms with Gasteiger partial charge in [-0.25, -0.2) is 17.5 Å². The highest BCUT2D eigenvalue weighted by atomic mass is 32.2. The standard InChI is InChI=1S/C13H17FN2O3S/c1-9-2-5-11(8-12(9)14)20(18,19)16-7-6-15-13(17)10-3-4-10/h2,5,8,10,16H,3-4,6-7H2,1H3,(H,15,17). The molecule has 7 heteroatoms. The van der Waals surface area contributed by atoms with Crippen molar-refractivity contribution in [2.24, 2.45) is 5.92 Å². The summed E-state index contributed by atoms with van der Waals surface area (Å²) in [4.78, 5) is 11.2. The van der Waals surface area contributed by atoms with E-state index < -0.39 is 15.8 Å². The van der Waals surface area contributed by atoms with Crippen LogP contribution in [0, 0.1) is 18.7 Å². The van der Waals surface area contributed by atoms with Crippen molar-refractivity contribution in [3.05, 3.63) is 29.6 Å². The van der Waals surface area contributed by atoms with Gasteiger partial charge in [-0.3, -0.25) is 4.79 Å². The minimum atomic E-state index is -3.74. The molecule has 20 heavy (non-hydrogen) atoms. The molecule has 2 rings (SSSR count). The maximum Gasteiger partial charge on any atom is 0.240 e. The molecule has 110 valence electrons. The molecule has 1 amide bonds. The van der Waals surface area contributed by atoms with E-state index in [1.807, 2.05) is 0 Å². The van der Waals surface area contributed by atoms with Gasteiger partial charge in [-0.15, -0.1) is 0 Å². The molecule has 0 aliphatic heterocycles. The zero-order valence-corrected chi connectivity index (χ0v) is 12.0. The third-order valence-corrected chi connectivity index (χ3v) is 4.58. The summed E-state index contributed by atoms with van der Waals surface area (Å²) in [5.74, 6) is -0.502. The Labute approximate surface area is 117 Å². The molecule has 1 aliphatic rings. The molecule has 1 fully saturated rings. The number of carbonyl (C=O) groups is 1. The van der Waals surface area contributed by atoms with E-state index in [9.17, 15) is 17.6 Å². The predicted molar refractivity (Wildman–Crippen MR) is 72.1 cm³/mol. The van der Waals surface area contributed by atoms with Gasteiger partial charge >= 0.3 is 0 Å². The zero-order chi connectivity index (χ0) is 14.8. The Hall–Kier alpha value is -1.47. The molecule has 1 aliphatic carbocycles. The summed E-state index contributed by atoms with van der Waals surface area (Å²) in [5.41, 5.74) is 0.389. The number of rotatable bonds is 6. The van der Waals surface area contributed by atoms with Crippen molar-refractivity contribution in [2.75, 3.05) is 13.1 Å². The normalized spacial score (nSPS) is 15.1. The van der Waals surface area contributed by atoms with Crippen molar-refractivity contribution < 1.29 is 17.6 Å². The van der Waals surface area contributed by atoms with Crippen molar-refractivity contribution in [3.8, 4) is 0 Å². The SMILES string of the molecule is Cc1ccc(S(=O)(=O)NCCNC(=O)C2CC2)cc1F. The number of sulfonamides is 1. The van der Waals surface area contributed by atoms with Crippen LogP contribution in [-0.2, 0) is 14.8 Å². The summed E-state index contributed by atoms with van der Waals surface area (Å²) >= 11 is 0. The Morgan fingerprint density at radius 1 is 1.35 bits per heavy atom. The van der Waals surface area contributed by atoms with Gasteiger partial charge in [0.05, 0.1) is 4.90 Å². The fourth-order valence-electron chi connectivity index (χ4n) is 1.69. The maximum atomic E-state index is 13.4. The van der Waals surface area contributed by atoms with Crippen molar-refractivity contribution >= 4 is 15.9 Å². The van der Waals surface area contributed by atoms with Crippen LogP contribution in [0.3, 0.4) is 0 Å². The molecule has 0 saturated heterocycles. The van der Waals surface area contributed by atoms with Crippen LogP contribution in [0.15, 0.2) is 23.1 Å². The summed E-state index contributed by atoms with van der Waals surface area (Å²) in [5, 5.41) is 2.65. The molecular formula is C13H17FN2O3S. The number of aryl methyl sites for hydroxylation is 1. The van der Waals surface area contributed by atoms with E-state index in [4.69, 9.17) is 0 Å². The smallest absolute Gasteiger partial charge is 0.240 e. The van der Waals surface area contributed by atoms with E-state index in [2.05, 4.69) is 10.0 Å². The Bertz CT molecular complexity index is 612. The number of nitrogens with one attached hydrogen (secondary N) is 2. The van der Waals surface area contributed by atoms with E-state index in [0.29, 0.717) is 5.56 Å². The van der Waals surface area contributed by atoms with Gasteiger partial charge in [0.15, 0.2) is 0 Å². The molecule has 0 spiro atoms. The van der Waals surface area contributed by atoms with E-state index in [-0.39, 0.29) is 29.8 Å². The van der Waals surface area contributed by atoms with Gasteiger partial charge in [0.1, 0.15) is 5.82 Å². The van der Waals surface area contributed by atoms with Gasteiger partial charge in [-0.05, 0) is 37.5 Å². The molecule has 0 heterocycles. The average molecular weight is 300 g/mol. The highest BCUT2D eigenvalue weighted by Crippen LogP contribution is 2.28. The zero-order valence-electron chi connectivity index (χ0n) is 11.1. The second-order valence-electron chi connectivity index (χ2n) is 4.87. The third-order valence-electron chi connectivity index (χ3n) is 3.12. The van der Waals surface area contributed by atoms with Gasteiger partial charge in [-0.2, -0.15) is 0 Å². The fourth-order valence-corrected chi connectivity index (χ4v) is 2.73. The van der Waals surface area contributed by atoms with Crippen LogP contribution >= 0.6 is 0 Å². The second kappa shape index (κ2) is 5.88. The van der Waals surface area contributed by atoms with E-state index >= 15 is 0 Å². The lowest BCUT2D eigenvalue weighted by atomic mass is 10.2. The Balaban J connectivity index is 1.86. The highest BCUT2D eigenvalue weighted by Gasteiger charge is 2.29. The van der Waals surface area contributed by atoms with Crippen molar-refractivity contribution in [3.63, 3.8) is 0 Å². The number of benzene rings is 1. The van der Waals surface area contributed by atoms with Gasteiger partial charge < -0.3 is 5.32 Å². The minimum absolute atomic E-state index is 0.0365. The topological polar surface area (TPSA) is 75.3 Å². The summed E-state index contributed by atoms with van der Waals surface area (Å²) < 4.78 is 39.5. The first-order valence-corrected chi connectivity index (χ1v) is 7.92. The Morgan fingerprint density at radius 3 is 2.65 bits per heavy atom. The quantitative estimate of drug-likeness (QED) is 0.768. The minimum Gasteiger partial charge on any atom is -0.355 e. The van der Waals surface area contributed by atoms with Crippen molar-refractivity contribution in [2.45, 2.75) is 24.7 Å². The number of halogens is 1. The van der Waals surface area contributed by atoms with Crippen LogP contribution in [0.25, 0.3) is 0 Å². The lowest BCUT2D eigenvalue weighted by Gasteiger charge is -2.08. The van der Waals surface area contributed by atoms with Crippen LogP contribution < -0.4 is 10.0 Å². The van der Waals surface area contributed by atoms with Crippen LogP contribution in [-0.4, -0.2) is 27.4 Å². The van der Waals surface area contributed by atoms with Gasteiger partial charge in [0.25, 0.3) is 0 Å². The summed E-state index contributed by atoms with van der Waals surface area (Å²) in [7, 11) is -3.74. The summed E-state index contributed by atoms with van der Waals surface area (Å²) in [6, 6.07) is 3.75. The number of hydrogen-bond donors (Lipinski definition) is 2. The summed E-state index contributed by atoms with van der Waals surface area (Å²) in [6.07, 6.45) is 1.81. The molecule has 1 aromatic carbocycles. The van der Waals surface area contributed by atoms with E-state index in [1.165, 1.54) is 12.1 Å². The van der Waals surface area contributed by atoms with Gasteiger partial charge in [-0.1, -0.05) is 6.07 Å². The number of amides is 1. The number of hydrogen-bond acceptors (Lipinski definition) is 3. The molecular weight excluding hydrogens is 283 g/mol. The molecule has 0 atom stereocenters. The van der Waals surface area contributed by atoms with Crippen LogP contribution in [0.2, 0.25) is 0 Å². The Kier molecular flexibility index (Phi) is 4.39. The first-order chi connectivity index (χ1) is 9.40. The van der Waals surface area contributed by atoms with Crippen LogP contribution in [0.1, 0.15) is 18.4 Å².